The standard InChI is InChI=1S/C10H9ClN2O3/c11-7-3-6(12)1-2-8(7)13-9(14)4-16-5-10(13)15/h1-3H,4-5,12H2. The Hall–Kier alpha value is -1.59. The lowest BCUT2D eigenvalue weighted by molar-refractivity contribution is -0.138. The molecule has 6 heteroatoms. The molecule has 1 aromatic carbocycles. The van der Waals surface area contributed by atoms with Gasteiger partial charge in [-0.15, -0.1) is 0 Å². The number of benzene rings is 1. The van der Waals surface area contributed by atoms with Gasteiger partial charge in [0, 0.05) is 5.69 Å². The first kappa shape index (κ1) is 10.9. The van der Waals surface area contributed by atoms with Crippen LogP contribution in [-0.2, 0) is 14.3 Å². The van der Waals surface area contributed by atoms with Crippen molar-refractivity contribution in [1.29, 1.82) is 0 Å². The fourth-order valence-electron chi connectivity index (χ4n) is 1.47. The number of nitrogens with two attached hydrogens (primary N) is 1. The first-order valence-corrected chi connectivity index (χ1v) is 4.96. The summed E-state index contributed by atoms with van der Waals surface area (Å²) in [5.74, 6) is -0.856. The number of nitrogens with zero attached hydrogens (tertiary/aromatic N) is 1. The highest BCUT2D eigenvalue weighted by Gasteiger charge is 2.29. The predicted molar refractivity (Wildman–Crippen MR) is 59.2 cm³/mol. The zero-order valence-corrected chi connectivity index (χ0v) is 9.03. The molecule has 1 fully saturated rings. The molecule has 16 heavy (non-hydrogen) atoms. The molecule has 0 saturated carbocycles. The molecule has 5 nitrogen and oxygen atoms in total. The quantitative estimate of drug-likeness (QED) is 0.583. The van der Waals surface area contributed by atoms with Gasteiger partial charge in [-0.3, -0.25) is 9.59 Å². The molecule has 0 aromatic heterocycles. The van der Waals surface area contributed by atoms with E-state index in [1.54, 1.807) is 12.1 Å². The van der Waals surface area contributed by atoms with Crippen LogP contribution in [0.15, 0.2) is 18.2 Å². The third-order valence-electron chi connectivity index (χ3n) is 2.16. The number of anilines is 2. The van der Waals surface area contributed by atoms with E-state index < -0.39 is 11.8 Å². The van der Waals surface area contributed by atoms with Crippen LogP contribution in [0.5, 0.6) is 0 Å². The number of amides is 2. The minimum Gasteiger partial charge on any atom is -0.399 e. The highest BCUT2D eigenvalue weighted by molar-refractivity contribution is 6.35. The Morgan fingerprint density at radius 3 is 2.44 bits per heavy atom. The van der Waals surface area contributed by atoms with Crippen LogP contribution in [0.2, 0.25) is 5.02 Å². The van der Waals surface area contributed by atoms with Gasteiger partial charge in [-0.05, 0) is 18.2 Å². The second-order valence-electron chi connectivity index (χ2n) is 3.33. The number of ether oxygens (including phenoxy) is 1. The Bertz CT molecular complexity index is 445. The van der Waals surface area contributed by atoms with Crippen LogP contribution in [0.4, 0.5) is 11.4 Å². The van der Waals surface area contributed by atoms with Gasteiger partial charge in [0.05, 0.1) is 10.7 Å². The molecule has 0 atom stereocenters. The molecular weight excluding hydrogens is 232 g/mol. The summed E-state index contributed by atoms with van der Waals surface area (Å²) in [5.41, 5.74) is 6.34. The maximum Gasteiger partial charge on any atom is 0.259 e. The number of halogens is 1. The van der Waals surface area contributed by atoms with E-state index in [-0.39, 0.29) is 18.2 Å². The molecule has 0 unspecified atom stereocenters. The number of nitrogen functional groups attached to an aromatic ring is 1. The van der Waals surface area contributed by atoms with Gasteiger partial charge in [-0.2, -0.15) is 0 Å². The Morgan fingerprint density at radius 2 is 1.88 bits per heavy atom. The first-order valence-electron chi connectivity index (χ1n) is 4.58. The van der Waals surface area contributed by atoms with E-state index in [4.69, 9.17) is 22.1 Å². The van der Waals surface area contributed by atoms with Crippen LogP contribution in [-0.4, -0.2) is 25.0 Å². The lowest BCUT2D eigenvalue weighted by atomic mass is 10.2. The molecule has 2 amide bonds. The monoisotopic (exact) mass is 240 g/mol. The zero-order chi connectivity index (χ0) is 11.7. The minimum atomic E-state index is -0.428. The number of hydrogen-bond donors (Lipinski definition) is 1. The summed E-state index contributed by atoms with van der Waals surface area (Å²) in [4.78, 5) is 24.1. The van der Waals surface area contributed by atoms with E-state index in [0.29, 0.717) is 11.4 Å². The van der Waals surface area contributed by atoms with E-state index in [2.05, 4.69) is 0 Å². The summed E-state index contributed by atoms with van der Waals surface area (Å²) < 4.78 is 4.80. The molecule has 1 aromatic rings. The average Bonchev–Trinajstić information content (AvgIpc) is 2.20. The molecule has 84 valence electrons. The van der Waals surface area contributed by atoms with Crippen LogP contribution in [0.25, 0.3) is 0 Å². The van der Waals surface area contributed by atoms with Gasteiger partial charge in [0.1, 0.15) is 13.2 Å². The zero-order valence-electron chi connectivity index (χ0n) is 8.27. The van der Waals surface area contributed by atoms with E-state index >= 15 is 0 Å². The second kappa shape index (κ2) is 4.11. The molecule has 1 aliphatic heterocycles. The molecule has 2 rings (SSSR count). The lowest BCUT2D eigenvalue weighted by Gasteiger charge is -2.25. The van der Waals surface area contributed by atoms with Crippen molar-refractivity contribution in [3.8, 4) is 0 Å². The smallest absolute Gasteiger partial charge is 0.259 e. The van der Waals surface area contributed by atoms with Crippen LogP contribution in [0.1, 0.15) is 0 Å². The van der Waals surface area contributed by atoms with Crippen molar-refractivity contribution in [2.75, 3.05) is 23.8 Å². The fourth-order valence-corrected chi connectivity index (χ4v) is 1.74. The van der Waals surface area contributed by atoms with Gasteiger partial charge < -0.3 is 10.5 Å². The third kappa shape index (κ3) is 1.87. The molecule has 0 spiro atoms. The Morgan fingerprint density at radius 1 is 1.25 bits per heavy atom. The van der Waals surface area contributed by atoms with Gasteiger partial charge in [0.15, 0.2) is 0 Å². The predicted octanol–water partition coefficient (Wildman–Crippen LogP) is 0.812. The van der Waals surface area contributed by atoms with Crippen molar-refractivity contribution >= 4 is 34.8 Å². The molecule has 1 aliphatic rings. The second-order valence-corrected chi connectivity index (χ2v) is 3.73. The summed E-state index contributed by atoms with van der Waals surface area (Å²) in [6.07, 6.45) is 0. The maximum absolute atomic E-state index is 11.5. The fraction of sp³-hybridized carbons (Fsp3) is 0.200. The number of morpholine rings is 1. The average molecular weight is 241 g/mol. The molecule has 0 bridgehead atoms. The number of hydrogen-bond acceptors (Lipinski definition) is 4. The van der Waals surface area contributed by atoms with Crippen molar-refractivity contribution in [1.82, 2.24) is 0 Å². The van der Waals surface area contributed by atoms with Crippen molar-refractivity contribution in [2.24, 2.45) is 0 Å². The van der Waals surface area contributed by atoms with Gasteiger partial charge in [0.2, 0.25) is 0 Å². The van der Waals surface area contributed by atoms with Gasteiger partial charge in [0.25, 0.3) is 11.8 Å². The highest BCUT2D eigenvalue weighted by atomic mass is 35.5. The third-order valence-corrected chi connectivity index (χ3v) is 2.47. The van der Waals surface area contributed by atoms with Gasteiger partial charge >= 0.3 is 0 Å². The van der Waals surface area contributed by atoms with Crippen molar-refractivity contribution in [3.05, 3.63) is 23.2 Å². The Balaban J connectivity index is 2.42. The number of rotatable bonds is 1. The summed E-state index contributed by atoms with van der Waals surface area (Å²) in [6, 6.07) is 4.61. The van der Waals surface area contributed by atoms with Gasteiger partial charge in [-0.25, -0.2) is 4.90 Å². The first-order chi connectivity index (χ1) is 7.59. The van der Waals surface area contributed by atoms with Crippen molar-refractivity contribution in [2.45, 2.75) is 0 Å². The van der Waals surface area contributed by atoms with Gasteiger partial charge in [-0.1, -0.05) is 11.6 Å². The minimum absolute atomic E-state index is 0.119. The van der Waals surface area contributed by atoms with Crippen LogP contribution >= 0.6 is 11.6 Å². The molecule has 0 radical (unpaired) electrons. The maximum atomic E-state index is 11.5. The van der Waals surface area contributed by atoms with Crippen LogP contribution in [0, 0.1) is 0 Å². The molecular formula is C10H9ClN2O3. The van der Waals surface area contributed by atoms with Crippen molar-refractivity contribution in [3.63, 3.8) is 0 Å². The summed E-state index contributed by atoms with van der Waals surface area (Å²) >= 11 is 5.93. The topological polar surface area (TPSA) is 72.6 Å². The normalized spacial score (nSPS) is 16.7. The van der Waals surface area contributed by atoms with E-state index in [0.717, 1.165) is 4.90 Å². The van der Waals surface area contributed by atoms with E-state index in [9.17, 15) is 9.59 Å². The molecule has 2 N–H and O–H groups in total. The van der Waals surface area contributed by atoms with E-state index in [1.165, 1.54) is 6.07 Å². The Kier molecular flexibility index (Phi) is 2.80. The SMILES string of the molecule is Nc1ccc(N2C(=O)COCC2=O)c(Cl)c1. The largest absolute Gasteiger partial charge is 0.399 e. The lowest BCUT2D eigenvalue weighted by Crippen LogP contribution is -2.46. The summed E-state index contributed by atoms with van der Waals surface area (Å²) in [7, 11) is 0. The summed E-state index contributed by atoms with van der Waals surface area (Å²) in [6.45, 7) is -0.237. The molecule has 1 saturated heterocycles. The molecule has 0 aliphatic carbocycles. The molecule has 1 heterocycles. The highest BCUT2D eigenvalue weighted by Crippen LogP contribution is 2.29. The summed E-state index contributed by atoms with van der Waals surface area (Å²) in [5, 5.41) is 0.267. The number of carbonyl (C=O) groups excluding carboxylic acids is 2. The van der Waals surface area contributed by atoms with Crippen LogP contribution in [0.3, 0.4) is 0 Å². The van der Waals surface area contributed by atoms with Crippen molar-refractivity contribution < 1.29 is 14.3 Å². The number of imide groups is 1. The Labute approximate surface area is 96.7 Å². The van der Waals surface area contributed by atoms with Crippen LogP contribution < -0.4 is 10.6 Å². The van der Waals surface area contributed by atoms with E-state index in [1.807, 2.05) is 0 Å². The number of carbonyl (C=O) groups is 2.